The Morgan fingerprint density at radius 1 is 1.09 bits per heavy atom. The lowest BCUT2D eigenvalue weighted by molar-refractivity contribution is -0.135. The number of aryl methyl sites for hydroxylation is 1. The summed E-state index contributed by atoms with van der Waals surface area (Å²) in [7, 11) is 0. The maximum absolute atomic E-state index is 12.8. The largest absolute Gasteiger partial charge is 0.484 e. The molecule has 0 spiro atoms. The number of benzene rings is 2. The number of nitrogens with one attached hydrogen (secondary N) is 1. The number of imidazole rings is 1. The minimum absolute atomic E-state index is 0.0613. The highest BCUT2D eigenvalue weighted by atomic mass is 35.5. The van der Waals surface area contributed by atoms with Gasteiger partial charge in [0.15, 0.2) is 6.61 Å². The van der Waals surface area contributed by atoms with Crippen molar-refractivity contribution in [3.63, 3.8) is 0 Å². The van der Waals surface area contributed by atoms with E-state index in [9.17, 15) is 9.59 Å². The summed E-state index contributed by atoms with van der Waals surface area (Å²) in [5.74, 6) is 1.30. The SMILES string of the molecule is O=C(COc1ccc(Cl)cc1)NCCCc1nc2ccccc2n1CC(=O)N1CCOCC1. The molecule has 0 atom stereocenters. The van der Waals surface area contributed by atoms with Gasteiger partial charge in [0.2, 0.25) is 5.91 Å². The average Bonchev–Trinajstić information content (AvgIpc) is 3.19. The molecule has 0 unspecified atom stereocenters. The number of ether oxygens (including phenoxy) is 2. The molecule has 1 N–H and O–H groups in total. The van der Waals surface area contributed by atoms with E-state index in [1.807, 2.05) is 33.7 Å². The van der Waals surface area contributed by atoms with E-state index in [0.29, 0.717) is 56.5 Å². The maximum Gasteiger partial charge on any atom is 0.257 e. The molecule has 33 heavy (non-hydrogen) atoms. The van der Waals surface area contributed by atoms with Crippen LogP contribution in [-0.4, -0.2) is 65.7 Å². The molecule has 1 fully saturated rings. The Balaban J connectivity index is 1.30. The van der Waals surface area contributed by atoms with Gasteiger partial charge in [-0.15, -0.1) is 0 Å². The summed E-state index contributed by atoms with van der Waals surface area (Å²) < 4.78 is 12.8. The van der Waals surface area contributed by atoms with Gasteiger partial charge in [0.1, 0.15) is 18.1 Å². The highest BCUT2D eigenvalue weighted by Gasteiger charge is 2.20. The quantitative estimate of drug-likeness (QED) is 0.486. The summed E-state index contributed by atoms with van der Waals surface area (Å²) in [6.45, 7) is 3.06. The van der Waals surface area contributed by atoms with Crippen LogP contribution in [0.3, 0.4) is 0 Å². The summed E-state index contributed by atoms with van der Waals surface area (Å²) >= 11 is 5.85. The van der Waals surface area contributed by atoms with Gasteiger partial charge in [0.25, 0.3) is 5.91 Å². The third kappa shape index (κ3) is 6.24. The second-order valence-electron chi connectivity index (χ2n) is 7.79. The van der Waals surface area contributed by atoms with Crippen molar-refractivity contribution in [2.75, 3.05) is 39.5 Å². The Morgan fingerprint density at radius 3 is 2.64 bits per heavy atom. The molecule has 0 radical (unpaired) electrons. The first-order valence-electron chi connectivity index (χ1n) is 11.0. The molecular formula is C24H27ClN4O4. The Hall–Kier alpha value is -3.10. The van der Waals surface area contributed by atoms with E-state index in [0.717, 1.165) is 16.9 Å². The molecule has 2 heterocycles. The van der Waals surface area contributed by atoms with Crippen molar-refractivity contribution in [1.82, 2.24) is 19.8 Å². The van der Waals surface area contributed by atoms with E-state index >= 15 is 0 Å². The normalized spacial score (nSPS) is 13.8. The molecule has 1 aliphatic rings. The number of carbonyl (C=O) groups is 2. The van der Waals surface area contributed by atoms with Gasteiger partial charge in [0, 0.05) is 31.1 Å². The molecule has 1 saturated heterocycles. The van der Waals surface area contributed by atoms with E-state index in [1.165, 1.54) is 0 Å². The predicted molar refractivity (Wildman–Crippen MR) is 125 cm³/mol. The summed E-state index contributed by atoms with van der Waals surface area (Å²) in [4.78, 5) is 31.5. The van der Waals surface area contributed by atoms with Crippen molar-refractivity contribution in [3.8, 4) is 5.75 Å². The monoisotopic (exact) mass is 470 g/mol. The fourth-order valence-corrected chi connectivity index (χ4v) is 3.87. The molecule has 0 aliphatic carbocycles. The first-order chi connectivity index (χ1) is 16.1. The van der Waals surface area contributed by atoms with Crippen LogP contribution < -0.4 is 10.1 Å². The number of amides is 2. The van der Waals surface area contributed by atoms with Gasteiger partial charge in [-0.2, -0.15) is 0 Å². The van der Waals surface area contributed by atoms with Gasteiger partial charge in [-0.25, -0.2) is 4.98 Å². The van der Waals surface area contributed by atoms with Gasteiger partial charge >= 0.3 is 0 Å². The van der Waals surface area contributed by atoms with Crippen LogP contribution in [0.2, 0.25) is 5.02 Å². The Morgan fingerprint density at radius 2 is 1.85 bits per heavy atom. The minimum Gasteiger partial charge on any atom is -0.484 e. The lowest BCUT2D eigenvalue weighted by atomic mass is 10.3. The van der Waals surface area contributed by atoms with Crippen molar-refractivity contribution in [2.24, 2.45) is 0 Å². The van der Waals surface area contributed by atoms with Crippen LogP contribution in [0, 0.1) is 0 Å². The van der Waals surface area contributed by atoms with Crippen LogP contribution in [-0.2, 0) is 27.3 Å². The van der Waals surface area contributed by atoms with Crippen molar-refractivity contribution in [1.29, 1.82) is 0 Å². The Kier molecular flexibility index (Phi) is 7.80. The minimum atomic E-state index is -0.194. The van der Waals surface area contributed by atoms with Crippen molar-refractivity contribution in [3.05, 3.63) is 59.4 Å². The highest BCUT2D eigenvalue weighted by molar-refractivity contribution is 6.30. The zero-order valence-electron chi connectivity index (χ0n) is 18.3. The van der Waals surface area contributed by atoms with Crippen LogP contribution in [0.15, 0.2) is 48.5 Å². The number of rotatable bonds is 9. The van der Waals surface area contributed by atoms with Gasteiger partial charge in [-0.1, -0.05) is 23.7 Å². The second-order valence-corrected chi connectivity index (χ2v) is 8.23. The van der Waals surface area contributed by atoms with E-state index in [4.69, 9.17) is 26.1 Å². The zero-order valence-corrected chi connectivity index (χ0v) is 19.1. The Bertz CT molecular complexity index is 1090. The number of aromatic nitrogens is 2. The third-order valence-electron chi connectivity index (χ3n) is 5.47. The molecule has 1 aromatic heterocycles. The molecule has 4 rings (SSSR count). The first-order valence-corrected chi connectivity index (χ1v) is 11.4. The van der Waals surface area contributed by atoms with Crippen LogP contribution in [0.1, 0.15) is 12.2 Å². The van der Waals surface area contributed by atoms with E-state index in [2.05, 4.69) is 5.32 Å². The summed E-state index contributed by atoms with van der Waals surface area (Å²) in [6, 6.07) is 14.7. The number of carbonyl (C=O) groups excluding carboxylic acids is 2. The standard InChI is InChI=1S/C24H27ClN4O4/c25-18-7-9-19(10-8-18)33-17-23(30)26-11-3-6-22-27-20-4-1-2-5-21(20)29(22)16-24(31)28-12-14-32-15-13-28/h1-2,4-5,7-10H,3,6,11-17H2,(H,26,30). The van der Waals surface area contributed by atoms with E-state index in [-0.39, 0.29) is 25.0 Å². The number of halogens is 1. The topological polar surface area (TPSA) is 85.7 Å². The fraction of sp³-hybridized carbons (Fsp3) is 0.375. The smallest absolute Gasteiger partial charge is 0.257 e. The molecule has 1 aliphatic heterocycles. The summed E-state index contributed by atoms with van der Waals surface area (Å²) in [5.41, 5.74) is 1.80. The van der Waals surface area contributed by atoms with Gasteiger partial charge < -0.3 is 24.3 Å². The number of nitrogens with zero attached hydrogens (tertiary/aromatic N) is 3. The van der Waals surface area contributed by atoms with Crippen LogP contribution in [0.4, 0.5) is 0 Å². The number of fused-ring (bicyclic) bond motifs is 1. The zero-order chi connectivity index (χ0) is 23.0. The second kappa shape index (κ2) is 11.2. The van der Waals surface area contributed by atoms with Crippen molar-refractivity contribution >= 4 is 34.4 Å². The molecule has 0 saturated carbocycles. The lowest BCUT2D eigenvalue weighted by Crippen LogP contribution is -2.42. The number of hydrogen-bond acceptors (Lipinski definition) is 5. The highest BCUT2D eigenvalue weighted by Crippen LogP contribution is 2.18. The van der Waals surface area contributed by atoms with Gasteiger partial charge in [0.05, 0.1) is 24.2 Å². The summed E-state index contributed by atoms with van der Waals surface area (Å²) in [5, 5.41) is 3.48. The lowest BCUT2D eigenvalue weighted by Gasteiger charge is -2.27. The molecule has 2 aromatic carbocycles. The molecule has 8 nitrogen and oxygen atoms in total. The molecule has 0 bridgehead atoms. The van der Waals surface area contributed by atoms with Crippen LogP contribution in [0.5, 0.6) is 5.75 Å². The van der Waals surface area contributed by atoms with E-state index < -0.39 is 0 Å². The fourth-order valence-electron chi connectivity index (χ4n) is 3.75. The van der Waals surface area contributed by atoms with Crippen LogP contribution in [0.25, 0.3) is 11.0 Å². The average molecular weight is 471 g/mol. The first kappa shape index (κ1) is 23.1. The molecule has 2 amide bonds. The van der Waals surface area contributed by atoms with E-state index in [1.54, 1.807) is 24.3 Å². The molecule has 3 aromatic rings. The van der Waals surface area contributed by atoms with Gasteiger partial charge in [-0.05, 0) is 42.8 Å². The van der Waals surface area contributed by atoms with Crippen molar-refractivity contribution < 1.29 is 19.1 Å². The molecule has 174 valence electrons. The molecular weight excluding hydrogens is 444 g/mol. The summed E-state index contributed by atoms with van der Waals surface area (Å²) in [6.07, 6.45) is 1.34. The number of para-hydroxylation sites is 2. The Labute approximate surface area is 197 Å². The third-order valence-corrected chi connectivity index (χ3v) is 5.73. The predicted octanol–water partition coefficient (Wildman–Crippen LogP) is 2.68. The number of hydrogen-bond donors (Lipinski definition) is 1. The van der Waals surface area contributed by atoms with Gasteiger partial charge in [-0.3, -0.25) is 9.59 Å². The van der Waals surface area contributed by atoms with Crippen molar-refractivity contribution in [2.45, 2.75) is 19.4 Å². The molecule has 9 heteroatoms. The number of morpholine rings is 1. The maximum atomic E-state index is 12.8. The van der Waals surface area contributed by atoms with Crippen LogP contribution >= 0.6 is 11.6 Å².